The summed E-state index contributed by atoms with van der Waals surface area (Å²) in [6.45, 7) is 18.3. The van der Waals surface area contributed by atoms with Gasteiger partial charge < -0.3 is 28.5 Å². The van der Waals surface area contributed by atoms with Crippen molar-refractivity contribution >= 4 is 31.8 Å². The molecule has 1 N–H and O–H groups in total. The van der Waals surface area contributed by atoms with Gasteiger partial charge in [0.25, 0.3) is 0 Å². The highest BCUT2D eigenvalue weighted by Gasteiger charge is 2.43. The third kappa shape index (κ3) is 11.5. The van der Waals surface area contributed by atoms with Gasteiger partial charge in [0, 0.05) is 19.8 Å². The molecule has 9 heteroatoms. The predicted octanol–water partition coefficient (Wildman–Crippen LogP) is 7.35. The molecular weight excluding hydrogens is 549 g/mol. The first-order valence-corrected chi connectivity index (χ1v) is 19.3. The number of thioether (sulfide) groups is 2. The topological polar surface area (TPSA) is 66.4 Å². The number of hydrogen-bond acceptors (Lipinski definition) is 8. The SMILES string of the molecule is CCOCO[C@@H](CCOCc1ccc(OC)cc1)[C@@H](O)CC1([C@@H](C)CCO[Si](C)(C)C(C)(C)C)SCCCS1. The molecule has 0 spiro atoms. The summed E-state index contributed by atoms with van der Waals surface area (Å²) in [5, 5.41) is 11.7. The summed E-state index contributed by atoms with van der Waals surface area (Å²) in [5.41, 5.74) is 1.09. The Balaban J connectivity index is 1.98. The van der Waals surface area contributed by atoms with Crippen LogP contribution in [0.15, 0.2) is 24.3 Å². The molecule has 1 saturated heterocycles. The molecule has 6 nitrogen and oxygen atoms in total. The number of hydrogen-bond donors (Lipinski definition) is 1. The average Bonchev–Trinajstić information content (AvgIpc) is 2.90. The first-order valence-electron chi connectivity index (χ1n) is 14.4. The number of ether oxygens (including phenoxy) is 4. The Labute approximate surface area is 247 Å². The molecule has 1 aliphatic heterocycles. The van der Waals surface area contributed by atoms with Crippen LogP contribution in [-0.2, 0) is 25.2 Å². The van der Waals surface area contributed by atoms with E-state index in [2.05, 4.69) is 40.8 Å². The molecule has 0 saturated carbocycles. The number of aliphatic hydroxyl groups is 1. The van der Waals surface area contributed by atoms with Crippen molar-refractivity contribution in [2.75, 3.05) is 45.2 Å². The zero-order chi connectivity index (χ0) is 28.9. The maximum Gasteiger partial charge on any atom is 0.191 e. The van der Waals surface area contributed by atoms with E-state index < -0.39 is 14.4 Å². The number of benzene rings is 1. The van der Waals surface area contributed by atoms with E-state index in [0.29, 0.717) is 38.6 Å². The van der Waals surface area contributed by atoms with Crippen molar-refractivity contribution in [3.05, 3.63) is 29.8 Å². The molecular formula is C30H54O6S2Si. The fourth-order valence-electron chi connectivity index (χ4n) is 4.26. The van der Waals surface area contributed by atoms with Gasteiger partial charge in [0.05, 0.1) is 30.0 Å². The monoisotopic (exact) mass is 602 g/mol. The summed E-state index contributed by atoms with van der Waals surface area (Å²) in [5.74, 6) is 3.50. The largest absolute Gasteiger partial charge is 0.497 e. The molecule has 3 atom stereocenters. The highest BCUT2D eigenvalue weighted by molar-refractivity contribution is 8.18. The summed E-state index contributed by atoms with van der Waals surface area (Å²) in [4.78, 5) is 0. The Morgan fingerprint density at radius 1 is 1.03 bits per heavy atom. The summed E-state index contributed by atoms with van der Waals surface area (Å²) < 4.78 is 29.2. The van der Waals surface area contributed by atoms with Gasteiger partial charge in [-0.05, 0) is 85.9 Å². The fourth-order valence-corrected chi connectivity index (χ4v) is 8.99. The average molecular weight is 603 g/mol. The molecule has 0 aromatic heterocycles. The van der Waals surface area contributed by atoms with Gasteiger partial charge in [-0.2, -0.15) is 0 Å². The number of rotatable bonds is 18. The molecule has 1 fully saturated rings. The van der Waals surface area contributed by atoms with E-state index in [1.807, 2.05) is 54.7 Å². The van der Waals surface area contributed by atoms with E-state index >= 15 is 0 Å². The minimum Gasteiger partial charge on any atom is -0.497 e. The zero-order valence-corrected chi connectivity index (χ0v) is 28.3. The van der Waals surface area contributed by atoms with E-state index in [9.17, 15) is 5.11 Å². The molecule has 0 radical (unpaired) electrons. The second kappa shape index (κ2) is 17.0. The molecule has 1 aromatic rings. The van der Waals surface area contributed by atoms with Gasteiger partial charge in [0.15, 0.2) is 8.32 Å². The zero-order valence-electron chi connectivity index (χ0n) is 25.6. The van der Waals surface area contributed by atoms with Crippen molar-refractivity contribution in [2.24, 2.45) is 5.92 Å². The first-order chi connectivity index (χ1) is 18.4. The molecule has 0 unspecified atom stereocenters. The second-order valence-corrected chi connectivity index (χ2v) is 19.9. The van der Waals surface area contributed by atoms with Gasteiger partial charge in [-0.1, -0.05) is 39.8 Å². The van der Waals surface area contributed by atoms with Crippen LogP contribution in [0.3, 0.4) is 0 Å². The lowest BCUT2D eigenvalue weighted by atomic mass is 9.95. The predicted molar refractivity (Wildman–Crippen MR) is 168 cm³/mol. The Morgan fingerprint density at radius 3 is 2.28 bits per heavy atom. The van der Waals surface area contributed by atoms with Gasteiger partial charge in [-0.3, -0.25) is 0 Å². The van der Waals surface area contributed by atoms with Gasteiger partial charge >= 0.3 is 0 Å². The maximum atomic E-state index is 11.5. The fraction of sp³-hybridized carbons (Fsp3) is 0.800. The van der Waals surface area contributed by atoms with Gasteiger partial charge in [0.2, 0.25) is 0 Å². The van der Waals surface area contributed by atoms with Crippen molar-refractivity contribution in [3.63, 3.8) is 0 Å². The Hall–Kier alpha value is -0.263. The quantitative estimate of drug-likeness (QED) is 0.106. The van der Waals surface area contributed by atoms with Crippen LogP contribution in [0.25, 0.3) is 0 Å². The highest BCUT2D eigenvalue weighted by atomic mass is 32.2. The van der Waals surface area contributed by atoms with E-state index in [4.69, 9.17) is 23.4 Å². The summed E-state index contributed by atoms with van der Waals surface area (Å²) in [7, 11) is -0.115. The molecule has 2 rings (SSSR count). The van der Waals surface area contributed by atoms with Crippen LogP contribution in [0.5, 0.6) is 5.75 Å². The van der Waals surface area contributed by atoms with Crippen LogP contribution < -0.4 is 4.74 Å². The summed E-state index contributed by atoms with van der Waals surface area (Å²) in [6.07, 6.45) is 2.55. The lowest BCUT2D eigenvalue weighted by Gasteiger charge is -2.44. The highest BCUT2D eigenvalue weighted by Crippen LogP contribution is 2.52. The smallest absolute Gasteiger partial charge is 0.191 e. The van der Waals surface area contributed by atoms with Crippen molar-refractivity contribution in [2.45, 2.75) is 101 Å². The van der Waals surface area contributed by atoms with E-state index in [1.165, 1.54) is 6.42 Å². The molecule has 1 aliphatic rings. The van der Waals surface area contributed by atoms with Gasteiger partial charge in [-0.15, -0.1) is 23.5 Å². The Morgan fingerprint density at radius 2 is 1.69 bits per heavy atom. The van der Waals surface area contributed by atoms with Crippen molar-refractivity contribution in [1.82, 2.24) is 0 Å². The summed E-state index contributed by atoms with van der Waals surface area (Å²) >= 11 is 4.03. The van der Waals surface area contributed by atoms with Crippen LogP contribution in [0.1, 0.15) is 65.9 Å². The molecule has 0 aliphatic carbocycles. The summed E-state index contributed by atoms with van der Waals surface area (Å²) in [6, 6.07) is 7.89. The minimum absolute atomic E-state index is 0.0500. The van der Waals surface area contributed by atoms with E-state index in [-0.39, 0.29) is 22.0 Å². The number of aliphatic hydroxyl groups excluding tert-OH is 1. The lowest BCUT2D eigenvalue weighted by Crippen LogP contribution is -2.43. The van der Waals surface area contributed by atoms with Gasteiger partial charge in [-0.25, -0.2) is 0 Å². The van der Waals surface area contributed by atoms with Crippen LogP contribution >= 0.6 is 23.5 Å². The maximum absolute atomic E-state index is 11.5. The molecule has 1 heterocycles. The first kappa shape index (κ1) is 34.9. The molecule has 0 amide bonds. The molecule has 39 heavy (non-hydrogen) atoms. The molecule has 0 bridgehead atoms. The Kier molecular flexibility index (Phi) is 15.2. The van der Waals surface area contributed by atoms with Gasteiger partial charge in [0.1, 0.15) is 12.5 Å². The van der Waals surface area contributed by atoms with E-state index in [0.717, 1.165) is 35.8 Å². The third-order valence-corrected chi connectivity index (χ3v) is 16.4. The standard InChI is InChI=1S/C30H54O6S2Si/c1-9-33-23-35-28(16-17-34-22-25-11-13-26(32-6)14-12-25)27(31)21-30(37-19-10-20-38-30)24(2)15-18-36-39(7,8)29(3,4)5/h11-14,24,27-28,31H,9-10,15-23H2,1-8H3/t24-,27-,28-/m0/s1. The second-order valence-electron chi connectivity index (χ2n) is 11.9. The Bertz CT molecular complexity index is 796. The van der Waals surface area contributed by atoms with Crippen LogP contribution in [0.2, 0.25) is 18.1 Å². The van der Waals surface area contributed by atoms with Crippen LogP contribution in [0.4, 0.5) is 0 Å². The van der Waals surface area contributed by atoms with Crippen LogP contribution in [0, 0.1) is 5.92 Å². The van der Waals surface area contributed by atoms with Crippen molar-refractivity contribution in [1.29, 1.82) is 0 Å². The number of methoxy groups -OCH3 is 1. The molecule has 226 valence electrons. The van der Waals surface area contributed by atoms with Crippen molar-refractivity contribution < 1.29 is 28.5 Å². The third-order valence-electron chi connectivity index (χ3n) is 8.02. The minimum atomic E-state index is -1.78. The van der Waals surface area contributed by atoms with E-state index in [1.54, 1.807) is 7.11 Å². The van der Waals surface area contributed by atoms with Crippen LogP contribution in [-0.4, -0.2) is 74.9 Å². The molecule has 1 aromatic carbocycles. The lowest BCUT2D eigenvalue weighted by molar-refractivity contribution is -0.131. The normalized spacial score (nSPS) is 18.5. The van der Waals surface area contributed by atoms with Crippen molar-refractivity contribution in [3.8, 4) is 5.75 Å².